The third-order valence-electron chi connectivity index (χ3n) is 17.1. The molecule has 8 bridgehead atoms. The summed E-state index contributed by atoms with van der Waals surface area (Å²) in [6, 6.07) is 74.6. The number of hydrogen-bond donors (Lipinski definition) is 10. The van der Waals surface area contributed by atoms with Crippen LogP contribution in [0.2, 0.25) is 0 Å². The number of nitrogens with one attached hydrogen (secondary N) is 10. The lowest BCUT2D eigenvalue weighted by Gasteiger charge is -2.17. The minimum atomic E-state index is -0.407. The molecule has 474 valence electrons. The molecule has 10 N–H and O–H groups in total. The van der Waals surface area contributed by atoms with Crippen LogP contribution in [-0.4, -0.2) is 44.1 Å². The molecule has 8 aromatic carbocycles. The molecule has 16 nitrogen and oxygen atoms in total. The fraction of sp³-hybridized carbons (Fsp3) is 0.100. The van der Waals surface area contributed by atoms with Crippen LogP contribution in [0.4, 0.5) is 41.9 Å². The summed E-state index contributed by atoms with van der Waals surface area (Å²) in [6.45, 7) is 7.76. The zero-order chi connectivity index (χ0) is 66.1. The van der Waals surface area contributed by atoms with E-state index >= 15 is 0 Å². The van der Waals surface area contributed by atoms with Crippen LogP contribution in [0.1, 0.15) is 96.9 Å². The predicted molar refractivity (Wildman–Crippen MR) is 389 cm³/mol. The number of para-hydroxylation sites is 4. The molecule has 0 radical (unpaired) electrons. The number of aromatic nitrogens is 4. The Kier molecular flexibility index (Phi) is 18.2. The molecule has 0 aliphatic carbocycles. The summed E-state index contributed by atoms with van der Waals surface area (Å²) in [5.74, 6) is 0. The Balaban J connectivity index is 1.05. The Morgan fingerprint density at radius 2 is 0.469 bits per heavy atom. The zero-order valence-corrected chi connectivity index (χ0v) is 53.2. The molecule has 0 fully saturated rings. The first-order chi connectivity index (χ1) is 46.9. The summed E-state index contributed by atoms with van der Waals surface area (Å²) in [4.78, 5) is 75.7. The molecule has 4 unspecified atom stereocenters. The lowest BCUT2D eigenvalue weighted by molar-refractivity contribution is 0.248. The fourth-order valence-electron chi connectivity index (χ4n) is 12.3. The highest BCUT2D eigenvalue weighted by atomic mass is 16.2. The molecule has 0 spiro atoms. The van der Waals surface area contributed by atoms with Gasteiger partial charge in [-0.3, -0.25) is 0 Å². The van der Waals surface area contributed by atoms with Crippen molar-refractivity contribution in [3.05, 3.63) is 288 Å². The number of anilines is 4. The van der Waals surface area contributed by atoms with E-state index in [0.717, 1.165) is 22.3 Å². The molecule has 2 aliphatic rings. The summed E-state index contributed by atoms with van der Waals surface area (Å²) in [5, 5.41) is 25.2. The highest BCUT2D eigenvalue weighted by Crippen LogP contribution is 2.43. The second-order valence-corrected chi connectivity index (χ2v) is 23.6. The van der Waals surface area contributed by atoms with E-state index in [1.807, 2.05) is 295 Å². The Hall–Kier alpha value is -12.6. The van der Waals surface area contributed by atoms with Crippen LogP contribution in [0, 0.1) is 0 Å². The van der Waals surface area contributed by atoms with Gasteiger partial charge < -0.3 is 52.5 Å². The maximum atomic E-state index is 14.2. The number of benzene rings is 8. The van der Waals surface area contributed by atoms with Gasteiger partial charge in [0.2, 0.25) is 0 Å². The zero-order valence-electron chi connectivity index (χ0n) is 53.2. The number of aromatic amines is 2. The molecule has 0 saturated carbocycles. The predicted octanol–water partition coefficient (Wildman–Crippen LogP) is 18.9. The number of fused-ring (bicyclic) bond motifs is 8. The minimum absolute atomic E-state index is 0.312. The van der Waals surface area contributed by atoms with Gasteiger partial charge >= 0.3 is 24.1 Å². The van der Waals surface area contributed by atoms with E-state index in [9.17, 15) is 19.2 Å². The molecule has 3 aromatic heterocycles. The Morgan fingerprint density at radius 1 is 0.271 bits per heavy atom. The van der Waals surface area contributed by atoms with Crippen LogP contribution in [0.5, 0.6) is 0 Å². The maximum absolute atomic E-state index is 14.2. The van der Waals surface area contributed by atoms with Gasteiger partial charge in [0.1, 0.15) is 0 Å². The number of rotatable bonds is 16. The highest BCUT2D eigenvalue weighted by Gasteiger charge is 2.25. The van der Waals surface area contributed by atoms with Crippen molar-refractivity contribution >= 4 is 93.2 Å². The number of carbonyl (C=O) groups is 4. The van der Waals surface area contributed by atoms with Crippen molar-refractivity contribution in [2.24, 2.45) is 0 Å². The van der Waals surface area contributed by atoms with Crippen molar-refractivity contribution in [2.75, 3.05) is 21.3 Å². The Morgan fingerprint density at radius 3 is 0.688 bits per heavy atom. The van der Waals surface area contributed by atoms with E-state index < -0.39 is 24.1 Å². The monoisotopic (exact) mass is 1260 g/mol. The second kappa shape index (κ2) is 28.1. The average molecular weight is 1260 g/mol. The lowest BCUT2D eigenvalue weighted by Crippen LogP contribution is -2.31. The number of nitrogens with zero attached hydrogens (tertiary/aromatic N) is 2. The highest BCUT2D eigenvalue weighted by molar-refractivity contribution is 6.07. The number of H-pyrrole nitrogens is 2. The number of hydrogen-bond acceptors (Lipinski definition) is 6. The number of urea groups is 4. The van der Waals surface area contributed by atoms with Gasteiger partial charge in [0.15, 0.2) is 0 Å². The molecular formula is C80H70N12O4. The van der Waals surface area contributed by atoms with E-state index in [0.29, 0.717) is 112 Å². The third kappa shape index (κ3) is 13.8. The van der Waals surface area contributed by atoms with E-state index in [2.05, 4.69) is 52.5 Å². The molecule has 5 heterocycles. The molecule has 13 rings (SSSR count). The number of carbonyl (C=O) groups excluding carboxylic acids is 4. The summed E-state index contributed by atoms with van der Waals surface area (Å²) in [6.07, 6.45) is 7.83. The first kappa shape index (κ1) is 62.3. The summed E-state index contributed by atoms with van der Waals surface area (Å²) < 4.78 is 0. The number of amides is 8. The van der Waals surface area contributed by atoms with E-state index in [1.54, 1.807) is 0 Å². The van der Waals surface area contributed by atoms with E-state index in [4.69, 9.17) is 9.97 Å². The molecular weight excluding hydrogens is 1190 g/mol. The molecule has 11 aromatic rings. The van der Waals surface area contributed by atoms with Crippen molar-refractivity contribution in [3.63, 3.8) is 0 Å². The van der Waals surface area contributed by atoms with Crippen LogP contribution in [0.15, 0.2) is 243 Å². The van der Waals surface area contributed by atoms with Gasteiger partial charge in [-0.25, -0.2) is 29.1 Å². The van der Waals surface area contributed by atoms with E-state index in [-0.39, 0.29) is 24.2 Å². The Bertz CT molecular complexity index is 4340. The van der Waals surface area contributed by atoms with Gasteiger partial charge in [0.25, 0.3) is 0 Å². The molecule has 8 amide bonds. The maximum Gasteiger partial charge on any atom is 0.319 e. The lowest BCUT2D eigenvalue weighted by atomic mass is 10.0. The van der Waals surface area contributed by atoms with Crippen LogP contribution in [-0.2, 0) is 0 Å². The largest absolute Gasteiger partial charge is 0.354 e. The van der Waals surface area contributed by atoms with Crippen molar-refractivity contribution in [1.82, 2.24) is 41.2 Å². The SMILES string of the molecule is CC(NC(=O)Nc1ccccc1-c1c2nc(c(-c3ccccc3NC(=O)NC(C)c3ccccc3)c3ccc([nH]3)c(-c3ccccc3NC(=O)NC(C)c3ccccc3)c3nc(c(-c4ccccc4NC(=O)NC(C)c4ccccc4)c4ccc1[nH]4)C=C3)C=C2)c1ccccc1. The van der Waals surface area contributed by atoms with Gasteiger partial charge in [-0.05, 0) is 123 Å². The first-order valence-electron chi connectivity index (χ1n) is 31.9. The molecule has 96 heavy (non-hydrogen) atoms. The third-order valence-corrected chi connectivity index (χ3v) is 17.1. The van der Waals surface area contributed by atoms with Crippen LogP contribution >= 0.6 is 0 Å². The van der Waals surface area contributed by atoms with Crippen molar-refractivity contribution < 1.29 is 19.2 Å². The van der Waals surface area contributed by atoms with Crippen LogP contribution < -0.4 is 42.5 Å². The summed E-state index contributed by atoms with van der Waals surface area (Å²) in [5.41, 5.74) is 15.8. The quantitative estimate of drug-likeness (QED) is 0.0453. The van der Waals surface area contributed by atoms with Crippen LogP contribution in [0.25, 0.3) is 90.9 Å². The summed E-state index contributed by atoms with van der Waals surface area (Å²) >= 11 is 0. The van der Waals surface area contributed by atoms with Crippen LogP contribution in [0.3, 0.4) is 0 Å². The fourth-order valence-corrected chi connectivity index (χ4v) is 12.3. The van der Waals surface area contributed by atoms with Gasteiger partial charge in [0.05, 0.1) is 69.7 Å². The van der Waals surface area contributed by atoms with Crippen molar-refractivity contribution in [1.29, 1.82) is 0 Å². The molecule has 16 heteroatoms. The smallest absolute Gasteiger partial charge is 0.319 e. The van der Waals surface area contributed by atoms with Gasteiger partial charge in [0, 0.05) is 66.6 Å². The van der Waals surface area contributed by atoms with Gasteiger partial charge in [-0.1, -0.05) is 194 Å². The topological polar surface area (TPSA) is 222 Å². The normalized spacial score (nSPS) is 12.7. The van der Waals surface area contributed by atoms with Crippen molar-refractivity contribution in [2.45, 2.75) is 51.9 Å². The average Bonchev–Trinajstić information content (AvgIpc) is 1.61. The van der Waals surface area contributed by atoms with Gasteiger partial charge in [-0.2, -0.15) is 0 Å². The first-order valence-corrected chi connectivity index (χ1v) is 31.9. The standard InChI is InChI=1S/C80H70N12O4/c1-49(53-25-9-5-10-26-53)81-77(93)89-61-37-21-17-33-57(61)73-65-41-43-67(85-65)74(58-34-18-22-38-62(58)90-78(94)82-50(2)54-27-11-6-12-28-54)69-45-47-71(87-69)76(60-36-20-24-40-64(60)92-80(96)84-52(4)56-31-15-8-16-32-56)72-48-46-70(88-72)75(68-44-42-66(73)86-68)59-35-19-23-39-63(59)91-79(95)83-51(3)55-29-13-7-14-30-55/h5-52,85,88H,1-4H3,(H2,81,89,93)(H2,82,90,94)(H2,83,91,95)(H2,84,92,96). The molecule has 0 saturated heterocycles. The van der Waals surface area contributed by atoms with Crippen molar-refractivity contribution in [3.8, 4) is 44.5 Å². The van der Waals surface area contributed by atoms with Gasteiger partial charge in [-0.15, -0.1) is 0 Å². The minimum Gasteiger partial charge on any atom is -0.354 e. The molecule has 4 atom stereocenters. The molecule has 2 aliphatic heterocycles. The second-order valence-electron chi connectivity index (χ2n) is 23.6. The Labute approximate surface area is 556 Å². The van der Waals surface area contributed by atoms with E-state index in [1.165, 1.54) is 0 Å². The summed E-state index contributed by atoms with van der Waals surface area (Å²) in [7, 11) is 0.